The third kappa shape index (κ3) is 1.43. The summed E-state index contributed by atoms with van der Waals surface area (Å²) >= 11 is 0. The van der Waals surface area contributed by atoms with Gasteiger partial charge >= 0.3 is 0 Å². The van der Waals surface area contributed by atoms with Gasteiger partial charge in [-0.2, -0.15) is 0 Å². The molecule has 0 bridgehead atoms. The molecule has 0 fully saturated rings. The average Bonchev–Trinajstić information content (AvgIpc) is 2.04. The number of hydrogen-bond acceptors (Lipinski definition) is 1. The fourth-order valence-corrected chi connectivity index (χ4v) is 1.08. The number of rotatable bonds is 2. The van der Waals surface area contributed by atoms with Crippen LogP contribution in [-0.2, 0) is 4.74 Å². The van der Waals surface area contributed by atoms with Crippen LogP contribution in [-0.4, -0.2) is 6.61 Å². The summed E-state index contributed by atoms with van der Waals surface area (Å²) in [6, 6.07) is 0. The predicted octanol–water partition coefficient (Wildman–Crippen LogP) is 2.59. The highest BCUT2D eigenvalue weighted by Gasteiger charge is 2.11. The molecular weight excluding hydrogens is 136 g/mol. The molecule has 1 nitrogen and oxygen atoms in total. The molecule has 1 heteroatoms. The molecule has 0 aromatic rings. The molecule has 0 aliphatic carbocycles. The third-order valence-electron chi connectivity index (χ3n) is 1.70. The van der Waals surface area contributed by atoms with E-state index < -0.39 is 0 Å². The van der Waals surface area contributed by atoms with E-state index in [4.69, 9.17) is 4.74 Å². The van der Waals surface area contributed by atoms with Gasteiger partial charge in [-0.15, -0.1) is 0 Å². The van der Waals surface area contributed by atoms with Crippen molar-refractivity contribution >= 4 is 0 Å². The molecule has 0 amide bonds. The SMILES string of the molecule is C=CC1=C(C=C)C(=C)CCO1. The van der Waals surface area contributed by atoms with Gasteiger partial charge in [-0.1, -0.05) is 25.8 Å². The Morgan fingerprint density at radius 3 is 2.45 bits per heavy atom. The van der Waals surface area contributed by atoms with Gasteiger partial charge in [0.05, 0.1) is 6.61 Å². The Labute approximate surface area is 67.4 Å². The van der Waals surface area contributed by atoms with Crippen LogP contribution in [0.3, 0.4) is 0 Å². The van der Waals surface area contributed by atoms with E-state index in [9.17, 15) is 0 Å². The van der Waals surface area contributed by atoms with Crippen LogP contribution >= 0.6 is 0 Å². The van der Waals surface area contributed by atoms with Gasteiger partial charge in [0.2, 0.25) is 0 Å². The van der Waals surface area contributed by atoms with E-state index in [0.29, 0.717) is 6.61 Å². The lowest BCUT2D eigenvalue weighted by molar-refractivity contribution is 0.216. The first-order valence-corrected chi connectivity index (χ1v) is 3.59. The van der Waals surface area contributed by atoms with Crippen LogP contribution in [0.25, 0.3) is 0 Å². The van der Waals surface area contributed by atoms with Crippen molar-refractivity contribution in [2.45, 2.75) is 6.42 Å². The van der Waals surface area contributed by atoms with E-state index in [-0.39, 0.29) is 0 Å². The van der Waals surface area contributed by atoms with Crippen molar-refractivity contribution in [1.82, 2.24) is 0 Å². The van der Waals surface area contributed by atoms with Crippen molar-refractivity contribution in [3.8, 4) is 0 Å². The molecule has 0 atom stereocenters. The second kappa shape index (κ2) is 3.24. The Kier molecular flexibility index (Phi) is 2.32. The van der Waals surface area contributed by atoms with Gasteiger partial charge in [-0.25, -0.2) is 0 Å². The van der Waals surface area contributed by atoms with E-state index in [1.54, 1.807) is 12.2 Å². The standard InChI is InChI=1S/C10H12O/c1-4-9-8(3)6-7-11-10(9)5-2/h4-5H,1-3,6-7H2. The predicted molar refractivity (Wildman–Crippen MR) is 47.1 cm³/mol. The monoisotopic (exact) mass is 148 g/mol. The zero-order valence-electron chi connectivity index (χ0n) is 6.60. The summed E-state index contributed by atoms with van der Waals surface area (Å²) in [6.07, 6.45) is 4.35. The van der Waals surface area contributed by atoms with E-state index in [1.807, 2.05) is 0 Å². The summed E-state index contributed by atoms with van der Waals surface area (Å²) < 4.78 is 5.33. The van der Waals surface area contributed by atoms with Crippen LogP contribution in [0, 0.1) is 0 Å². The molecule has 1 heterocycles. The van der Waals surface area contributed by atoms with Crippen LogP contribution in [0.1, 0.15) is 6.42 Å². The maximum Gasteiger partial charge on any atom is 0.126 e. The zero-order valence-corrected chi connectivity index (χ0v) is 6.60. The highest BCUT2D eigenvalue weighted by molar-refractivity contribution is 5.43. The first-order chi connectivity index (χ1) is 5.29. The second-order valence-electron chi connectivity index (χ2n) is 2.39. The first-order valence-electron chi connectivity index (χ1n) is 3.59. The minimum atomic E-state index is 0.706. The Bertz CT molecular complexity index is 233. The molecule has 0 unspecified atom stereocenters. The van der Waals surface area contributed by atoms with E-state index in [2.05, 4.69) is 19.7 Å². The summed E-state index contributed by atoms with van der Waals surface area (Å²) in [5.74, 6) is 0.802. The molecule has 1 aliphatic rings. The van der Waals surface area contributed by atoms with Crippen molar-refractivity contribution < 1.29 is 4.74 Å². The fraction of sp³-hybridized carbons (Fsp3) is 0.200. The van der Waals surface area contributed by atoms with E-state index in [1.165, 1.54) is 0 Å². The average molecular weight is 148 g/mol. The molecule has 11 heavy (non-hydrogen) atoms. The molecule has 0 radical (unpaired) electrons. The Balaban J connectivity index is 3.04. The van der Waals surface area contributed by atoms with Gasteiger partial charge in [-0.3, -0.25) is 0 Å². The molecule has 1 rings (SSSR count). The first kappa shape index (κ1) is 7.86. The highest BCUT2D eigenvalue weighted by Crippen LogP contribution is 2.24. The van der Waals surface area contributed by atoms with Gasteiger partial charge in [0, 0.05) is 12.0 Å². The topological polar surface area (TPSA) is 9.23 Å². The maximum atomic E-state index is 5.33. The summed E-state index contributed by atoms with van der Waals surface area (Å²) in [5.41, 5.74) is 2.08. The van der Waals surface area contributed by atoms with Crippen LogP contribution in [0.2, 0.25) is 0 Å². The number of hydrogen-bond donors (Lipinski definition) is 0. The Morgan fingerprint density at radius 1 is 1.27 bits per heavy atom. The fourth-order valence-electron chi connectivity index (χ4n) is 1.08. The summed E-state index contributed by atoms with van der Waals surface area (Å²) in [4.78, 5) is 0. The highest BCUT2D eigenvalue weighted by atomic mass is 16.5. The molecule has 0 N–H and O–H groups in total. The van der Waals surface area contributed by atoms with Gasteiger partial charge in [0.25, 0.3) is 0 Å². The summed E-state index contributed by atoms with van der Waals surface area (Å²) in [5, 5.41) is 0. The van der Waals surface area contributed by atoms with Crippen LogP contribution in [0.5, 0.6) is 0 Å². The molecule has 1 aliphatic heterocycles. The molecule has 58 valence electrons. The minimum absolute atomic E-state index is 0.706. The van der Waals surface area contributed by atoms with Gasteiger partial charge in [0.1, 0.15) is 5.76 Å². The second-order valence-corrected chi connectivity index (χ2v) is 2.39. The quantitative estimate of drug-likeness (QED) is 0.584. The van der Waals surface area contributed by atoms with Gasteiger partial charge < -0.3 is 4.74 Å². The number of allylic oxidation sites excluding steroid dienone is 3. The van der Waals surface area contributed by atoms with Crippen LogP contribution in [0.15, 0.2) is 48.8 Å². The molecule has 0 aromatic carbocycles. The molecular formula is C10H12O. The molecule has 0 saturated carbocycles. The lowest BCUT2D eigenvalue weighted by atomic mass is 10.0. The lowest BCUT2D eigenvalue weighted by Gasteiger charge is -2.18. The molecule has 0 saturated heterocycles. The molecule has 0 aromatic heterocycles. The van der Waals surface area contributed by atoms with Crippen molar-refractivity contribution in [2.24, 2.45) is 0 Å². The molecule has 0 spiro atoms. The van der Waals surface area contributed by atoms with Crippen molar-refractivity contribution in [2.75, 3.05) is 6.61 Å². The van der Waals surface area contributed by atoms with Gasteiger partial charge in [-0.05, 0) is 11.6 Å². The number of ether oxygens (including phenoxy) is 1. The smallest absolute Gasteiger partial charge is 0.126 e. The largest absolute Gasteiger partial charge is 0.493 e. The van der Waals surface area contributed by atoms with E-state index in [0.717, 1.165) is 23.3 Å². The minimum Gasteiger partial charge on any atom is -0.493 e. The zero-order chi connectivity index (χ0) is 8.27. The van der Waals surface area contributed by atoms with Crippen LogP contribution in [0.4, 0.5) is 0 Å². The summed E-state index contributed by atoms with van der Waals surface area (Å²) in [7, 11) is 0. The lowest BCUT2D eigenvalue weighted by Crippen LogP contribution is -2.05. The summed E-state index contributed by atoms with van der Waals surface area (Å²) in [6.45, 7) is 11.9. The van der Waals surface area contributed by atoms with Crippen molar-refractivity contribution in [1.29, 1.82) is 0 Å². The normalized spacial score (nSPS) is 17.6. The van der Waals surface area contributed by atoms with Crippen molar-refractivity contribution in [3.63, 3.8) is 0 Å². The van der Waals surface area contributed by atoms with Crippen molar-refractivity contribution in [3.05, 3.63) is 48.8 Å². The van der Waals surface area contributed by atoms with E-state index >= 15 is 0 Å². The van der Waals surface area contributed by atoms with Crippen LogP contribution < -0.4 is 0 Å². The Morgan fingerprint density at radius 2 is 2.00 bits per heavy atom. The Hall–Kier alpha value is -1.24. The maximum absolute atomic E-state index is 5.33. The van der Waals surface area contributed by atoms with Gasteiger partial charge in [0.15, 0.2) is 0 Å². The third-order valence-corrected chi connectivity index (χ3v) is 1.70.